The molecule has 0 radical (unpaired) electrons. The Morgan fingerprint density at radius 2 is 1.85 bits per heavy atom. The first kappa shape index (κ1) is 25.0. The van der Waals surface area contributed by atoms with E-state index < -0.39 is 11.7 Å². The molecule has 0 aliphatic heterocycles. The maximum absolute atomic E-state index is 11.6. The molecule has 0 bridgehead atoms. The van der Waals surface area contributed by atoms with Crippen molar-refractivity contribution in [1.82, 2.24) is 16.0 Å². The summed E-state index contributed by atoms with van der Waals surface area (Å²) in [6, 6.07) is 7.79. The zero-order valence-electron chi connectivity index (χ0n) is 16.5. The molecule has 0 aliphatic carbocycles. The molecular weight excluding hydrogens is 459 g/mol. The van der Waals surface area contributed by atoms with E-state index in [1.54, 1.807) is 13.1 Å². The molecule has 3 N–H and O–H groups in total. The lowest BCUT2D eigenvalue weighted by molar-refractivity contribution is 0.0529. The normalized spacial score (nSPS) is 11.0. The van der Waals surface area contributed by atoms with Crippen LogP contribution in [0.4, 0.5) is 4.79 Å². The van der Waals surface area contributed by atoms with Crippen molar-refractivity contribution in [2.75, 3.05) is 26.7 Å². The summed E-state index contributed by atoms with van der Waals surface area (Å²) in [6.07, 6.45) is 1.28. The fourth-order valence-electron chi connectivity index (χ4n) is 2.00. The first-order chi connectivity index (χ1) is 12.4. The van der Waals surface area contributed by atoms with Gasteiger partial charge in [-0.2, -0.15) is 0 Å². The van der Waals surface area contributed by atoms with Crippen molar-refractivity contribution in [1.29, 1.82) is 0 Å². The number of ether oxygens (including phenoxy) is 2. The molecule has 1 amide bonds. The quantitative estimate of drug-likeness (QED) is 0.172. The molecule has 7 nitrogen and oxygen atoms in total. The average Bonchev–Trinajstić information content (AvgIpc) is 2.58. The van der Waals surface area contributed by atoms with E-state index in [0.717, 1.165) is 11.3 Å². The number of halogens is 1. The molecule has 0 saturated carbocycles. The lowest BCUT2D eigenvalue weighted by atomic mass is 10.2. The van der Waals surface area contributed by atoms with Crippen LogP contribution >= 0.6 is 24.0 Å². The van der Waals surface area contributed by atoms with E-state index >= 15 is 0 Å². The van der Waals surface area contributed by atoms with Crippen LogP contribution in [0.1, 0.15) is 26.3 Å². The van der Waals surface area contributed by atoms with Gasteiger partial charge in [0.25, 0.3) is 0 Å². The second kappa shape index (κ2) is 13.2. The van der Waals surface area contributed by atoms with Gasteiger partial charge in [0.15, 0.2) is 5.96 Å². The average molecular weight is 490 g/mol. The van der Waals surface area contributed by atoms with Crippen LogP contribution in [0.2, 0.25) is 0 Å². The van der Waals surface area contributed by atoms with Crippen molar-refractivity contribution in [3.63, 3.8) is 0 Å². The molecule has 0 heterocycles. The molecule has 0 spiro atoms. The van der Waals surface area contributed by atoms with E-state index in [-0.39, 0.29) is 24.0 Å². The van der Waals surface area contributed by atoms with Crippen LogP contribution in [0.3, 0.4) is 0 Å². The number of nitrogens with one attached hydrogen (secondary N) is 3. The summed E-state index contributed by atoms with van der Waals surface area (Å²) >= 11 is 0. The van der Waals surface area contributed by atoms with Gasteiger partial charge in [-0.3, -0.25) is 4.99 Å². The van der Waals surface area contributed by atoms with Crippen molar-refractivity contribution in [3.8, 4) is 5.75 Å². The van der Waals surface area contributed by atoms with Crippen LogP contribution in [0.25, 0.3) is 0 Å². The number of carbonyl (C=O) groups excluding carboxylic acids is 1. The number of nitrogens with zero attached hydrogens (tertiary/aromatic N) is 1. The van der Waals surface area contributed by atoms with Gasteiger partial charge in [0, 0.05) is 32.2 Å². The fraction of sp³-hybridized carbons (Fsp3) is 0.474. The predicted molar refractivity (Wildman–Crippen MR) is 120 cm³/mol. The van der Waals surface area contributed by atoms with E-state index in [9.17, 15) is 4.79 Å². The van der Waals surface area contributed by atoms with Crippen molar-refractivity contribution >= 4 is 36.0 Å². The smallest absolute Gasteiger partial charge is 0.407 e. The molecule has 152 valence electrons. The second-order valence-corrected chi connectivity index (χ2v) is 6.49. The lowest BCUT2D eigenvalue weighted by Gasteiger charge is -2.20. The largest absolute Gasteiger partial charge is 0.489 e. The number of para-hydroxylation sites is 1. The summed E-state index contributed by atoms with van der Waals surface area (Å²) in [5.74, 6) is 1.44. The number of aliphatic imine (C=N–C) groups is 1. The molecule has 1 aromatic rings. The number of hydrogen-bond donors (Lipinski definition) is 3. The summed E-state index contributed by atoms with van der Waals surface area (Å²) in [5, 5.41) is 9.04. The fourth-order valence-corrected chi connectivity index (χ4v) is 2.00. The van der Waals surface area contributed by atoms with Crippen LogP contribution in [0, 0.1) is 0 Å². The summed E-state index contributed by atoms with van der Waals surface area (Å²) in [5.41, 5.74) is 0.514. The Bertz CT molecular complexity index is 615. The van der Waals surface area contributed by atoms with Gasteiger partial charge < -0.3 is 25.4 Å². The third-order valence-electron chi connectivity index (χ3n) is 3.08. The van der Waals surface area contributed by atoms with E-state index in [2.05, 4.69) is 27.5 Å². The molecule has 0 unspecified atom stereocenters. The molecule has 27 heavy (non-hydrogen) atoms. The maximum atomic E-state index is 11.6. The molecule has 0 atom stereocenters. The van der Waals surface area contributed by atoms with Crippen LogP contribution in [0.5, 0.6) is 5.75 Å². The van der Waals surface area contributed by atoms with Gasteiger partial charge in [0.1, 0.15) is 18.0 Å². The molecule has 0 fully saturated rings. The van der Waals surface area contributed by atoms with Crippen LogP contribution in [0.15, 0.2) is 41.9 Å². The molecular formula is C19H31IN4O3. The zero-order chi connectivity index (χ0) is 19.4. The number of benzene rings is 1. The van der Waals surface area contributed by atoms with Crippen LogP contribution in [-0.2, 0) is 11.3 Å². The van der Waals surface area contributed by atoms with Gasteiger partial charge in [-0.25, -0.2) is 4.79 Å². The number of hydrogen-bond acceptors (Lipinski definition) is 4. The van der Waals surface area contributed by atoms with Gasteiger partial charge in [0.2, 0.25) is 0 Å². The van der Waals surface area contributed by atoms with E-state index in [1.165, 1.54) is 0 Å². The molecule has 1 rings (SSSR count). The SMILES string of the molecule is C=CCOc1ccccc1CNC(=NC)NCCNC(=O)OC(C)(C)C.I. The van der Waals surface area contributed by atoms with Gasteiger partial charge in [-0.15, -0.1) is 24.0 Å². The zero-order valence-corrected chi connectivity index (χ0v) is 18.8. The van der Waals surface area contributed by atoms with Gasteiger partial charge >= 0.3 is 6.09 Å². The van der Waals surface area contributed by atoms with Crippen molar-refractivity contribution in [2.24, 2.45) is 4.99 Å². The molecule has 0 saturated heterocycles. The number of rotatable bonds is 8. The number of amides is 1. The van der Waals surface area contributed by atoms with Crippen molar-refractivity contribution in [3.05, 3.63) is 42.5 Å². The summed E-state index contributed by atoms with van der Waals surface area (Å²) in [7, 11) is 1.69. The first-order valence-corrected chi connectivity index (χ1v) is 8.58. The second-order valence-electron chi connectivity index (χ2n) is 6.49. The minimum absolute atomic E-state index is 0. The van der Waals surface area contributed by atoms with Crippen molar-refractivity contribution in [2.45, 2.75) is 32.9 Å². The highest BCUT2D eigenvalue weighted by Crippen LogP contribution is 2.17. The third kappa shape index (κ3) is 11.4. The third-order valence-corrected chi connectivity index (χ3v) is 3.08. The Balaban J connectivity index is 0.00000676. The summed E-state index contributed by atoms with van der Waals surface area (Å²) < 4.78 is 10.8. The van der Waals surface area contributed by atoms with E-state index in [4.69, 9.17) is 9.47 Å². The predicted octanol–water partition coefficient (Wildman–Crippen LogP) is 3.06. The molecule has 0 aromatic heterocycles. The Kier molecular flexibility index (Phi) is 12.3. The summed E-state index contributed by atoms with van der Waals surface area (Å²) in [6.45, 7) is 11.1. The summed E-state index contributed by atoms with van der Waals surface area (Å²) in [4.78, 5) is 15.7. The van der Waals surface area contributed by atoms with E-state index in [1.807, 2.05) is 45.0 Å². The van der Waals surface area contributed by atoms with Crippen LogP contribution in [-0.4, -0.2) is 44.4 Å². The Labute approximate surface area is 179 Å². The monoisotopic (exact) mass is 490 g/mol. The Morgan fingerprint density at radius 1 is 1.19 bits per heavy atom. The highest BCUT2D eigenvalue weighted by Gasteiger charge is 2.15. The van der Waals surface area contributed by atoms with E-state index in [0.29, 0.717) is 32.2 Å². The maximum Gasteiger partial charge on any atom is 0.407 e. The lowest BCUT2D eigenvalue weighted by Crippen LogP contribution is -2.42. The van der Waals surface area contributed by atoms with Crippen LogP contribution < -0.4 is 20.7 Å². The van der Waals surface area contributed by atoms with Gasteiger partial charge in [0.05, 0.1) is 0 Å². The van der Waals surface area contributed by atoms with Crippen molar-refractivity contribution < 1.29 is 14.3 Å². The highest BCUT2D eigenvalue weighted by atomic mass is 127. The number of carbonyl (C=O) groups is 1. The molecule has 8 heteroatoms. The van der Waals surface area contributed by atoms with Gasteiger partial charge in [-0.05, 0) is 26.8 Å². The highest BCUT2D eigenvalue weighted by molar-refractivity contribution is 14.0. The topological polar surface area (TPSA) is 84.0 Å². The minimum atomic E-state index is -0.504. The molecule has 0 aliphatic rings. The Morgan fingerprint density at radius 3 is 2.48 bits per heavy atom. The number of guanidine groups is 1. The standard InChI is InChI=1S/C19H30N4O3.HI/c1-6-13-25-16-10-8-7-9-15(16)14-23-17(20-5)21-11-12-22-18(24)26-19(2,3)4;/h6-10H,1,11-14H2,2-5H3,(H,22,24)(H2,20,21,23);1H. The minimum Gasteiger partial charge on any atom is -0.489 e. The Hall–Kier alpha value is -1.97. The molecule has 1 aromatic carbocycles. The first-order valence-electron chi connectivity index (χ1n) is 8.58. The number of alkyl carbamates (subject to hydrolysis) is 1. The van der Waals surface area contributed by atoms with Gasteiger partial charge in [-0.1, -0.05) is 30.9 Å².